The minimum atomic E-state index is -0.209. The van der Waals surface area contributed by atoms with Crippen LogP contribution in [0.4, 0.5) is 5.69 Å². The molecule has 0 atom stereocenters. The summed E-state index contributed by atoms with van der Waals surface area (Å²) >= 11 is 6.82. The van der Waals surface area contributed by atoms with E-state index in [-0.39, 0.29) is 5.91 Å². The van der Waals surface area contributed by atoms with Gasteiger partial charge in [0, 0.05) is 15.7 Å². The topological polar surface area (TPSA) is 47.6 Å². The molecule has 0 fully saturated rings. The van der Waals surface area contributed by atoms with Crippen LogP contribution in [0.3, 0.4) is 0 Å². The SMILES string of the molecule is CCOc1cc(C(=O)Nc2ccc(Br)cc2C)cc(Br)c1OC. The molecule has 0 radical (unpaired) electrons. The van der Waals surface area contributed by atoms with Crippen LogP contribution in [0.1, 0.15) is 22.8 Å². The summed E-state index contributed by atoms with van der Waals surface area (Å²) in [7, 11) is 1.56. The van der Waals surface area contributed by atoms with Crippen LogP contribution >= 0.6 is 31.9 Å². The van der Waals surface area contributed by atoms with Gasteiger partial charge in [-0.3, -0.25) is 4.79 Å². The highest BCUT2D eigenvalue weighted by Crippen LogP contribution is 2.36. The van der Waals surface area contributed by atoms with E-state index < -0.39 is 0 Å². The number of benzene rings is 2. The van der Waals surface area contributed by atoms with Crippen molar-refractivity contribution < 1.29 is 14.3 Å². The monoisotopic (exact) mass is 441 g/mol. The summed E-state index contributed by atoms with van der Waals surface area (Å²) in [4.78, 5) is 12.5. The van der Waals surface area contributed by atoms with Gasteiger partial charge >= 0.3 is 0 Å². The molecule has 6 heteroatoms. The third-order valence-corrected chi connectivity index (χ3v) is 4.29. The zero-order valence-corrected chi connectivity index (χ0v) is 16.2. The van der Waals surface area contributed by atoms with Crippen molar-refractivity contribution in [1.29, 1.82) is 0 Å². The van der Waals surface area contributed by atoms with E-state index in [1.807, 2.05) is 32.0 Å². The molecule has 0 bridgehead atoms. The maximum Gasteiger partial charge on any atom is 0.255 e. The molecular weight excluding hydrogens is 426 g/mol. The molecule has 1 N–H and O–H groups in total. The number of hydrogen-bond donors (Lipinski definition) is 1. The summed E-state index contributed by atoms with van der Waals surface area (Å²) in [5, 5.41) is 2.91. The number of amides is 1. The number of methoxy groups -OCH3 is 1. The molecule has 0 aliphatic heterocycles. The average molecular weight is 443 g/mol. The lowest BCUT2D eigenvalue weighted by molar-refractivity contribution is 0.102. The summed E-state index contributed by atoms with van der Waals surface area (Å²) in [6.45, 7) is 4.31. The highest BCUT2D eigenvalue weighted by Gasteiger charge is 2.16. The van der Waals surface area contributed by atoms with Gasteiger partial charge in [-0.2, -0.15) is 0 Å². The first-order chi connectivity index (χ1) is 11.0. The van der Waals surface area contributed by atoms with Crippen molar-refractivity contribution in [2.24, 2.45) is 0 Å². The van der Waals surface area contributed by atoms with E-state index in [1.54, 1.807) is 19.2 Å². The highest BCUT2D eigenvalue weighted by molar-refractivity contribution is 9.10. The average Bonchev–Trinajstić information content (AvgIpc) is 2.50. The van der Waals surface area contributed by atoms with Crippen LogP contribution in [0.25, 0.3) is 0 Å². The Balaban J connectivity index is 2.32. The van der Waals surface area contributed by atoms with Crippen molar-refractivity contribution in [3.63, 3.8) is 0 Å². The van der Waals surface area contributed by atoms with Crippen molar-refractivity contribution in [1.82, 2.24) is 0 Å². The van der Waals surface area contributed by atoms with E-state index in [9.17, 15) is 4.79 Å². The fourth-order valence-electron chi connectivity index (χ4n) is 2.12. The zero-order chi connectivity index (χ0) is 17.0. The Kier molecular flexibility index (Phi) is 6.07. The van der Waals surface area contributed by atoms with Crippen LogP contribution in [0, 0.1) is 6.92 Å². The van der Waals surface area contributed by atoms with Crippen molar-refractivity contribution >= 4 is 43.5 Å². The minimum absolute atomic E-state index is 0.209. The largest absolute Gasteiger partial charge is 0.492 e. The molecule has 0 heterocycles. The Bertz CT molecular complexity index is 732. The first-order valence-corrected chi connectivity index (χ1v) is 8.62. The molecule has 0 aromatic heterocycles. The van der Waals surface area contributed by atoms with E-state index in [4.69, 9.17) is 9.47 Å². The van der Waals surface area contributed by atoms with E-state index in [0.29, 0.717) is 28.1 Å². The quantitative estimate of drug-likeness (QED) is 0.693. The molecule has 0 saturated heterocycles. The molecule has 0 unspecified atom stereocenters. The van der Waals surface area contributed by atoms with Crippen molar-refractivity contribution in [2.75, 3.05) is 19.0 Å². The zero-order valence-electron chi connectivity index (χ0n) is 13.1. The molecule has 0 aliphatic rings. The number of anilines is 1. The molecule has 2 aromatic carbocycles. The Morgan fingerprint density at radius 3 is 2.57 bits per heavy atom. The first kappa shape index (κ1) is 17.8. The molecule has 2 aromatic rings. The van der Waals surface area contributed by atoms with Gasteiger partial charge in [0.1, 0.15) is 0 Å². The molecule has 1 amide bonds. The molecule has 0 spiro atoms. The smallest absolute Gasteiger partial charge is 0.255 e. The number of rotatable bonds is 5. The van der Waals surface area contributed by atoms with E-state index in [0.717, 1.165) is 15.7 Å². The molecule has 0 saturated carbocycles. The minimum Gasteiger partial charge on any atom is -0.492 e. The second kappa shape index (κ2) is 7.84. The van der Waals surface area contributed by atoms with Gasteiger partial charge in [0.05, 0.1) is 18.2 Å². The second-order valence-electron chi connectivity index (χ2n) is 4.84. The standard InChI is InChI=1S/C17H17Br2NO3/c1-4-23-15-9-11(8-13(19)16(15)22-3)17(21)20-14-6-5-12(18)7-10(14)2/h5-9H,4H2,1-3H3,(H,20,21). The van der Waals surface area contributed by atoms with Gasteiger partial charge in [0.2, 0.25) is 0 Å². The van der Waals surface area contributed by atoms with Crippen LogP contribution < -0.4 is 14.8 Å². The van der Waals surface area contributed by atoms with Gasteiger partial charge in [-0.15, -0.1) is 0 Å². The molecule has 122 valence electrons. The lowest BCUT2D eigenvalue weighted by Gasteiger charge is -2.14. The fourth-order valence-corrected chi connectivity index (χ4v) is 3.20. The van der Waals surface area contributed by atoms with Crippen LogP contribution in [-0.4, -0.2) is 19.6 Å². The lowest BCUT2D eigenvalue weighted by Crippen LogP contribution is -2.13. The molecule has 23 heavy (non-hydrogen) atoms. The van der Waals surface area contributed by atoms with Crippen molar-refractivity contribution in [3.05, 3.63) is 50.4 Å². The molecule has 4 nitrogen and oxygen atoms in total. The van der Waals surface area contributed by atoms with E-state index in [2.05, 4.69) is 37.2 Å². The first-order valence-electron chi connectivity index (χ1n) is 7.04. The second-order valence-corrected chi connectivity index (χ2v) is 6.61. The summed E-state index contributed by atoms with van der Waals surface area (Å²) in [5.74, 6) is 0.894. The number of hydrogen-bond acceptors (Lipinski definition) is 3. The molecular formula is C17H17Br2NO3. The van der Waals surface area contributed by atoms with Gasteiger partial charge in [-0.25, -0.2) is 0 Å². The fraction of sp³-hybridized carbons (Fsp3) is 0.235. The van der Waals surface area contributed by atoms with Crippen LogP contribution in [0.5, 0.6) is 11.5 Å². The highest BCUT2D eigenvalue weighted by atomic mass is 79.9. The maximum atomic E-state index is 12.5. The predicted molar refractivity (Wildman–Crippen MR) is 98.7 cm³/mol. The van der Waals surface area contributed by atoms with E-state index in [1.165, 1.54) is 0 Å². The van der Waals surface area contributed by atoms with Crippen molar-refractivity contribution in [3.8, 4) is 11.5 Å². The van der Waals surface area contributed by atoms with Crippen molar-refractivity contribution in [2.45, 2.75) is 13.8 Å². The Hall–Kier alpha value is -1.53. The van der Waals surface area contributed by atoms with E-state index >= 15 is 0 Å². The van der Waals surface area contributed by atoms with Gasteiger partial charge in [0.25, 0.3) is 5.91 Å². The van der Waals surface area contributed by atoms with Gasteiger partial charge < -0.3 is 14.8 Å². The van der Waals surface area contributed by atoms with Crippen LogP contribution in [0.2, 0.25) is 0 Å². The van der Waals surface area contributed by atoms with Crippen LogP contribution in [-0.2, 0) is 0 Å². The van der Waals surface area contributed by atoms with Gasteiger partial charge in [-0.1, -0.05) is 15.9 Å². The maximum absolute atomic E-state index is 12.5. The third-order valence-electron chi connectivity index (χ3n) is 3.21. The molecule has 2 rings (SSSR count). The Morgan fingerprint density at radius 2 is 1.96 bits per heavy atom. The normalized spacial score (nSPS) is 10.3. The number of halogens is 2. The summed E-state index contributed by atoms with van der Waals surface area (Å²) < 4.78 is 12.5. The molecule has 0 aliphatic carbocycles. The number of ether oxygens (including phenoxy) is 2. The summed E-state index contributed by atoms with van der Waals surface area (Å²) in [6, 6.07) is 9.09. The summed E-state index contributed by atoms with van der Waals surface area (Å²) in [6.07, 6.45) is 0. The van der Waals surface area contributed by atoms with Gasteiger partial charge in [0.15, 0.2) is 11.5 Å². The lowest BCUT2D eigenvalue weighted by atomic mass is 10.1. The number of aryl methyl sites for hydroxylation is 1. The Labute approximate surface area is 152 Å². The number of carbonyl (C=O) groups is 1. The number of nitrogens with one attached hydrogen (secondary N) is 1. The number of carbonyl (C=O) groups excluding carboxylic acids is 1. The summed E-state index contributed by atoms with van der Waals surface area (Å²) in [5.41, 5.74) is 2.23. The Morgan fingerprint density at radius 1 is 1.22 bits per heavy atom. The third kappa shape index (κ3) is 4.26. The van der Waals surface area contributed by atoms with Gasteiger partial charge in [-0.05, 0) is 65.7 Å². The predicted octanol–water partition coefficient (Wildman–Crippen LogP) is 5.18. The van der Waals surface area contributed by atoms with Crippen LogP contribution in [0.15, 0.2) is 39.3 Å².